The van der Waals surface area contributed by atoms with Crippen LogP contribution in [0, 0.1) is 12.3 Å². The molecule has 3 aromatic carbocycles. The Morgan fingerprint density at radius 2 is 1.39 bits per heavy atom. The lowest BCUT2D eigenvalue weighted by atomic mass is 10.1. The number of fused-ring (bicyclic) bond motifs is 1. The second-order valence-electron chi connectivity index (χ2n) is 8.16. The highest BCUT2D eigenvalue weighted by atomic mass is 19.4. The van der Waals surface area contributed by atoms with Crippen LogP contribution in [0.2, 0.25) is 0 Å². The molecule has 0 fully saturated rings. The van der Waals surface area contributed by atoms with E-state index in [-0.39, 0.29) is 5.52 Å². The summed E-state index contributed by atoms with van der Waals surface area (Å²) in [5.41, 5.74) is 9.53. The first-order valence-corrected chi connectivity index (χ1v) is 12.2. The Bertz CT molecular complexity index is 1230. The Morgan fingerprint density at radius 1 is 0.842 bits per heavy atom. The smallest absolute Gasteiger partial charge is 0.398 e. The summed E-state index contributed by atoms with van der Waals surface area (Å²) in [4.78, 5) is 3.84. The lowest BCUT2D eigenvalue weighted by Gasteiger charge is -2.07. The lowest BCUT2D eigenvalue weighted by Crippen LogP contribution is -2.12. The first-order valence-electron chi connectivity index (χ1n) is 12.2. The van der Waals surface area contributed by atoms with Crippen molar-refractivity contribution in [3.05, 3.63) is 119 Å². The van der Waals surface area contributed by atoms with Crippen molar-refractivity contribution in [2.45, 2.75) is 47.0 Å². The minimum absolute atomic E-state index is 0.254. The standard InChI is InChI=1S/C15H17N.C10H7F3N2.C4H8.C2H5N/c1-13-7-9-15(10-8-13)12-16-11-14-5-3-2-4-6-14;11-10(12,13)6-1-2-7-8(14)3-4-15-9(7)5-6;1-3-4-2;1-2-3/h2-10,16H,11-12H2,1H3;1-5H,(H2,14,15);3-4H,1-2H3;2-3H,1H3/b;;4-3-;. The van der Waals surface area contributed by atoms with Gasteiger partial charge in [-0.15, -0.1) is 0 Å². The first-order chi connectivity index (χ1) is 18.2. The summed E-state index contributed by atoms with van der Waals surface area (Å²) in [5.74, 6) is 0. The molecular weight excluding hydrogens is 485 g/mol. The number of anilines is 1. The molecule has 1 aromatic heterocycles. The molecular formula is C31H37F3N4. The van der Waals surface area contributed by atoms with Gasteiger partial charge in [0.2, 0.25) is 0 Å². The maximum absolute atomic E-state index is 12.4. The molecule has 0 spiro atoms. The molecule has 38 heavy (non-hydrogen) atoms. The topological polar surface area (TPSA) is 74.8 Å². The van der Waals surface area contributed by atoms with Gasteiger partial charge in [0.1, 0.15) is 0 Å². The van der Waals surface area contributed by atoms with Crippen molar-refractivity contribution < 1.29 is 13.2 Å². The molecule has 0 aliphatic carbocycles. The molecule has 4 aromatic rings. The Labute approximate surface area is 223 Å². The molecule has 4 nitrogen and oxygen atoms in total. The zero-order chi connectivity index (χ0) is 28.4. The quantitative estimate of drug-likeness (QED) is 0.186. The van der Waals surface area contributed by atoms with Crippen LogP contribution >= 0.6 is 0 Å². The van der Waals surface area contributed by atoms with Gasteiger partial charge in [-0.2, -0.15) is 13.2 Å². The third kappa shape index (κ3) is 12.3. The normalized spacial score (nSPS) is 10.4. The molecule has 0 saturated carbocycles. The number of halogens is 3. The van der Waals surface area contributed by atoms with E-state index < -0.39 is 11.7 Å². The van der Waals surface area contributed by atoms with Gasteiger partial charge in [-0.25, -0.2) is 0 Å². The Kier molecular flexibility index (Phi) is 14.7. The molecule has 0 unspecified atom stereocenters. The van der Waals surface area contributed by atoms with Crippen molar-refractivity contribution in [1.29, 1.82) is 5.41 Å². The van der Waals surface area contributed by atoms with Crippen molar-refractivity contribution in [2.75, 3.05) is 5.73 Å². The van der Waals surface area contributed by atoms with Gasteiger partial charge in [0.25, 0.3) is 0 Å². The predicted octanol–water partition coefficient (Wildman–Crippen LogP) is 8.36. The van der Waals surface area contributed by atoms with Gasteiger partial charge in [-0.05, 0) is 63.2 Å². The number of alkyl halides is 3. The molecule has 0 amide bonds. The molecule has 0 aliphatic heterocycles. The van der Waals surface area contributed by atoms with Crippen molar-refractivity contribution in [1.82, 2.24) is 10.3 Å². The highest BCUT2D eigenvalue weighted by Gasteiger charge is 2.30. The summed E-state index contributed by atoms with van der Waals surface area (Å²) in [6, 6.07) is 24.0. The van der Waals surface area contributed by atoms with Crippen LogP contribution in [0.15, 0.2) is 97.2 Å². The van der Waals surface area contributed by atoms with Gasteiger partial charge < -0.3 is 16.5 Å². The summed E-state index contributed by atoms with van der Waals surface area (Å²) in [6.07, 6.45) is 2.29. The Hall–Kier alpha value is -3.97. The number of benzene rings is 3. The van der Waals surface area contributed by atoms with Crippen LogP contribution in [-0.2, 0) is 19.3 Å². The Morgan fingerprint density at radius 3 is 1.92 bits per heavy atom. The number of hydrogen-bond donors (Lipinski definition) is 3. The van der Waals surface area contributed by atoms with E-state index in [0.29, 0.717) is 11.1 Å². The molecule has 7 heteroatoms. The van der Waals surface area contributed by atoms with E-state index in [1.807, 2.05) is 32.1 Å². The fourth-order valence-corrected chi connectivity index (χ4v) is 3.00. The van der Waals surface area contributed by atoms with Crippen LogP contribution in [0.1, 0.15) is 43.0 Å². The number of aromatic nitrogens is 1. The van der Waals surface area contributed by atoms with Gasteiger partial charge in [-0.3, -0.25) is 4.98 Å². The largest absolute Gasteiger partial charge is 0.416 e. The zero-order valence-corrected chi connectivity index (χ0v) is 22.4. The van der Waals surface area contributed by atoms with Crippen molar-refractivity contribution in [3.63, 3.8) is 0 Å². The molecule has 0 radical (unpaired) electrons. The lowest BCUT2D eigenvalue weighted by molar-refractivity contribution is -0.137. The van der Waals surface area contributed by atoms with Gasteiger partial charge in [0, 0.05) is 30.4 Å². The van der Waals surface area contributed by atoms with Gasteiger partial charge in [-0.1, -0.05) is 78.4 Å². The number of nitrogens with two attached hydrogens (primary N) is 1. The van der Waals surface area contributed by atoms with Crippen LogP contribution in [0.5, 0.6) is 0 Å². The van der Waals surface area contributed by atoms with Gasteiger partial charge in [0.05, 0.1) is 11.1 Å². The third-order valence-electron chi connectivity index (χ3n) is 5.06. The highest BCUT2D eigenvalue weighted by molar-refractivity contribution is 5.90. The second-order valence-corrected chi connectivity index (χ2v) is 8.16. The van der Waals surface area contributed by atoms with Crippen molar-refractivity contribution in [3.8, 4) is 0 Å². The SMILES string of the molecule is C/C=C\C.CC=N.Cc1ccc(CNCc2ccccc2)cc1.Nc1ccnc2cc(C(F)(F)F)ccc12. The van der Waals surface area contributed by atoms with Gasteiger partial charge >= 0.3 is 6.18 Å². The molecule has 0 saturated heterocycles. The average Bonchev–Trinajstić information content (AvgIpc) is 2.91. The summed E-state index contributed by atoms with van der Waals surface area (Å²) < 4.78 is 37.1. The summed E-state index contributed by atoms with van der Waals surface area (Å²) in [5, 5.41) is 10.1. The number of hydrogen-bond acceptors (Lipinski definition) is 4. The fraction of sp³-hybridized carbons (Fsp3) is 0.226. The summed E-state index contributed by atoms with van der Waals surface area (Å²) >= 11 is 0. The molecule has 202 valence electrons. The van der Waals surface area contributed by atoms with Crippen LogP contribution in [0.25, 0.3) is 10.9 Å². The number of nitrogens with one attached hydrogen (secondary N) is 2. The molecule has 4 rings (SSSR count). The minimum atomic E-state index is -4.35. The third-order valence-corrected chi connectivity index (χ3v) is 5.06. The Balaban J connectivity index is 0.000000307. The maximum atomic E-state index is 12.4. The molecule has 4 N–H and O–H groups in total. The molecule has 0 bridgehead atoms. The minimum Gasteiger partial charge on any atom is -0.398 e. The van der Waals surface area contributed by atoms with E-state index in [2.05, 4.69) is 65.8 Å². The van der Waals surface area contributed by atoms with E-state index in [4.69, 9.17) is 11.1 Å². The highest BCUT2D eigenvalue weighted by Crippen LogP contribution is 2.31. The van der Waals surface area contributed by atoms with Crippen LogP contribution in [-0.4, -0.2) is 11.2 Å². The number of nitrogen functional groups attached to an aromatic ring is 1. The maximum Gasteiger partial charge on any atom is 0.416 e. The monoisotopic (exact) mass is 522 g/mol. The molecule has 0 aliphatic rings. The zero-order valence-electron chi connectivity index (χ0n) is 22.4. The van der Waals surface area contributed by atoms with Crippen LogP contribution in [0.3, 0.4) is 0 Å². The average molecular weight is 523 g/mol. The van der Waals surface area contributed by atoms with E-state index in [9.17, 15) is 13.2 Å². The van der Waals surface area contributed by atoms with Crippen molar-refractivity contribution in [2.24, 2.45) is 0 Å². The van der Waals surface area contributed by atoms with E-state index >= 15 is 0 Å². The molecule has 1 heterocycles. The number of allylic oxidation sites excluding steroid dienone is 2. The molecule has 0 atom stereocenters. The number of nitrogens with zero attached hydrogens (tertiary/aromatic N) is 1. The fourth-order valence-electron chi connectivity index (χ4n) is 3.00. The first kappa shape index (κ1) is 32.1. The van der Waals surface area contributed by atoms with E-state index in [1.165, 1.54) is 35.2 Å². The van der Waals surface area contributed by atoms with Crippen molar-refractivity contribution >= 4 is 22.8 Å². The summed E-state index contributed by atoms with van der Waals surface area (Å²) in [7, 11) is 0. The van der Waals surface area contributed by atoms with Crippen LogP contribution < -0.4 is 11.1 Å². The van der Waals surface area contributed by atoms with Gasteiger partial charge in [0.15, 0.2) is 0 Å². The summed E-state index contributed by atoms with van der Waals surface area (Å²) in [6.45, 7) is 9.63. The number of rotatable bonds is 4. The second kappa shape index (κ2) is 17.5. The number of pyridine rings is 1. The van der Waals surface area contributed by atoms with E-state index in [1.54, 1.807) is 13.0 Å². The van der Waals surface area contributed by atoms with E-state index in [0.717, 1.165) is 25.2 Å². The van der Waals surface area contributed by atoms with Crippen LogP contribution in [0.4, 0.5) is 18.9 Å². The predicted molar refractivity (Wildman–Crippen MR) is 154 cm³/mol. The number of aryl methyl sites for hydroxylation is 1.